The maximum atomic E-state index is 14.8. The van der Waals surface area contributed by atoms with Crippen LogP contribution in [0.2, 0.25) is 0 Å². The topological polar surface area (TPSA) is 93.4 Å². The molecule has 7 nitrogen and oxygen atoms in total. The Morgan fingerprint density at radius 3 is 2.85 bits per heavy atom. The van der Waals surface area contributed by atoms with Crippen molar-refractivity contribution >= 4 is 17.5 Å². The second-order valence-corrected chi connectivity index (χ2v) is 8.63. The lowest BCUT2D eigenvalue weighted by Gasteiger charge is -2.21. The zero-order valence-electron chi connectivity index (χ0n) is 18.6. The van der Waals surface area contributed by atoms with Gasteiger partial charge in [0.05, 0.1) is 24.9 Å². The van der Waals surface area contributed by atoms with E-state index in [1.807, 2.05) is 19.1 Å². The van der Waals surface area contributed by atoms with Crippen LogP contribution in [0.25, 0.3) is 11.3 Å². The Balaban J connectivity index is 1.51. The Kier molecular flexibility index (Phi) is 5.46. The first-order valence-electron chi connectivity index (χ1n) is 11.1. The molecule has 5 rings (SSSR count). The number of aromatic nitrogens is 2. The van der Waals surface area contributed by atoms with Crippen molar-refractivity contribution in [3.05, 3.63) is 65.1 Å². The van der Waals surface area contributed by atoms with E-state index in [0.717, 1.165) is 24.8 Å². The van der Waals surface area contributed by atoms with E-state index in [4.69, 9.17) is 15.5 Å². The van der Waals surface area contributed by atoms with E-state index in [2.05, 4.69) is 10.3 Å². The van der Waals surface area contributed by atoms with Gasteiger partial charge in [-0.2, -0.15) is 0 Å². The highest BCUT2D eigenvalue weighted by Crippen LogP contribution is 2.38. The normalized spacial score (nSPS) is 19.6. The van der Waals surface area contributed by atoms with Crippen LogP contribution < -0.4 is 20.7 Å². The lowest BCUT2D eigenvalue weighted by molar-refractivity contribution is 0.0996. The van der Waals surface area contributed by atoms with Crippen molar-refractivity contribution in [1.29, 1.82) is 0 Å². The smallest absolute Gasteiger partial charge is 0.260 e. The third-order valence-corrected chi connectivity index (χ3v) is 6.42. The molecule has 1 aliphatic carbocycles. The van der Waals surface area contributed by atoms with Gasteiger partial charge in [-0.3, -0.25) is 14.7 Å². The highest BCUT2D eigenvalue weighted by molar-refractivity contribution is 6.10. The van der Waals surface area contributed by atoms with Gasteiger partial charge in [-0.1, -0.05) is 6.07 Å². The molecule has 8 heteroatoms. The van der Waals surface area contributed by atoms with Crippen LogP contribution in [0.3, 0.4) is 0 Å². The van der Waals surface area contributed by atoms with Crippen LogP contribution in [0.1, 0.15) is 40.7 Å². The molecule has 0 bridgehead atoms. The summed E-state index contributed by atoms with van der Waals surface area (Å²) in [4.78, 5) is 24.1. The second kappa shape index (κ2) is 8.44. The molecule has 1 fully saturated rings. The van der Waals surface area contributed by atoms with Gasteiger partial charge in [0.25, 0.3) is 5.91 Å². The number of hydrogen-bond donors (Lipinski definition) is 2. The van der Waals surface area contributed by atoms with Gasteiger partial charge in [0, 0.05) is 29.4 Å². The van der Waals surface area contributed by atoms with E-state index < -0.39 is 5.82 Å². The molecule has 1 saturated carbocycles. The number of halogens is 1. The van der Waals surface area contributed by atoms with Crippen molar-refractivity contribution in [2.45, 2.75) is 44.8 Å². The number of aryl methyl sites for hydroxylation is 1. The number of carbonyl (C=O) groups excluding carboxylic acids is 1. The predicted octanol–water partition coefficient (Wildman–Crippen LogP) is 4.05. The predicted molar refractivity (Wildman–Crippen MR) is 125 cm³/mol. The van der Waals surface area contributed by atoms with Crippen LogP contribution in [0.5, 0.6) is 5.75 Å². The standard InChI is InChI=1S/C25H26FN5O2/c1-14-11-21(29-19-7-4-6-18(19)27)30-22(12-14)31-13-16-15(25(31)32)9-10-28-24(16)23-17(26)5-3-8-20(23)33-2/h3,5,8-12,18-19H,4,6-7,13,27H2,1-2H3,(H,29,30)/t18-,19-/m1/s1. The third-order valence-electron chi connectivity index (χ3n) is 6.42. The Hall–Kier alpha value is -3.52. The third kappa shape index (κ3) is 3.80. The van der Waals surface area contributed by atoms with Gasteiger partial charge in [0.1, 0.15) is 23.2 Å². The molecule has 0 spiro atoms. The fourth-order valence-electron chi connectivity index (χ4n) is 4.75. The highest BCUT2D eigenvalue weighted by atomic mass is 19.1. The van der Waals surface area contributed by atoms with Crippen LogP contribution in [-0.4, -0.2) is 35.1 Å². The average molecular weight is 448 g/mol. The van der Waals surface area contributed by atoms with E-state index in [0.29, 0.717) is 34.2 Å². The molecule has 0 saturated heterocycles. The minimum absolute atomic E-state index is 0.0952. The van der Waals surface area contributed by atoms with Gasteiger partial charge in [-0.15, -0.1) is 0 Å². The number of benzene rings is 1. The molecule has 1 aromatic carbocycles. The number of ether oxygens (including phenoxy) is 1. The number of rotatable bonds is 5. The fraction of sp³-hybridized carbons (Fsp3) is 0.320. The van der Waals surface area contributed by atoms with E-state index in [-0.39, 0.29) is 30.1 Å². The average Bonchev–Trinajstić information content (AvgIpc) is 3.36. The number of nitrogens with one attached hydrogen (secondary N) is 1. The van der Waals surface area contributed by atoms with Gasteiger partial charge >= 0.3 is 0 Å². The first-order chi connectivity index (χ1) is 16.0. The molecule has 1 aliphatic heterocycles. The van der Waals surface area contributed by atoms with Gasteiger partial charge in [-0.25, -0.2) is 9.37 Å². The zero-order valence-corrected chi connectivity index (χ0v) is 18.6. The number of methoxy groups -OCH3 is 1. The number of amides is 1. The van der Waals surface area contributed by atoms with Crippen molar-refractivity contribution in [1.82, 2.24) is 9.97 Å². The molecule has 3 heterocycles. The molecular weight excluding hydrogens is 421 g/mol. The summed E-state index contributed by atoms with van der Waals surface area (Å²) in [6.07, 6.45) is 4.61. The van der Waals surface area contributed by atoms with Crippen LogP contribution >= 0.6 is 0 Å². The number of carbonyl (C=O) groups is 1. The summed E-state index contributed by atoms with van der Waals surface area (Å²) in [5.41, 5.74) is 8.98. The summed E-state index contributed by atoms with van der Waals surface area (Å²) in [5, 5.41) is 3.44. The van der Waals surface area contributed by atoms with Crippen LogP contribution in [0.15, 0.2) is 42.6 Å². The SMILES string of the molecule is COc1cccc(F)c1-c1nccc2c1CN(c1cc(C)cc(N[C@@H]3CCC[C@H]3N)n1)C2=O. The number of nitrogens with two attached hydrogens (primary N) is 1. The lowest BCUT2D eigenvalue weighted by Crippen LogP contribution is -2.35. The van der Waals surface area contributed by atoms with Crippen molar-refractivity contribution in [2.24, 2.45) is 5.73 Å². The molecule has 170 valence electrons. The summed E-state index contributed by atoms with van der Waals surface area (Å²) in [6, 6.07) is 10.4. The van der Waals surface area contributed by atoms with Gasteiger partial charge < -0.3 is 15.8 Å². The fourth-order valence-corrected chi connectivity index (χ4v) is 4.75. The molecule has 2 aliphatic rings. The van der Waals surface area contributed by atoms with Crippen LogP contribution in [-0.2, 0) is 6.54 Å². The number of anilines is 2. The van der Waals surface area contributed by atoms with Gasteiger partial charge in [0.15, 0.2) is 0 Å². The van der Waals surface area contributed by atoms with Crippen molar-refractivity contribution in [3.8, 4) is 17.0 Å². The molecule has 0 unspecified atom stereocenters. The molecule has 1 amide bonds. The minimum Gasteiger partial charge on any atom is -0.496 e. The van der Waals surface area contributed by atoms with E-state index in [1.54, 1.807) is 23.1 Å². The molecule has 0 radical (unpaired) electrons. The minimum atomic E-state index is -0.450. The maximum absolute atomic E-state index is 14.8. The van der Waals surface area contributed by atoms with E-state index in [9.17, 15) is 9.18 Å². The second-order valence-electron chi connectivity index (χ2n) is 8.63. The summed E-state index contributed by atoms with van der Waals surface area (Å²) < 4.78 is 20.2. The van der Waals surface area contributed by atoms with Crippen molar-refractivity contribution in [3.63, 3.8) is 0 Å². The molecule has 2 aromatic heterocycles. The highest BCUT2D eigenvalue weighted by Gasteiger charge is 2.34. The van der Waals surface area contributed by atoms with Gasteiger partial charge in [0.2, 0.25) is 0 Å². The monoisotopic (exact) mass is 447 g/mol. The summed E-state index contributed by atoms with van der Waals surface area (Å²) in [7, 11) is 1.49. The molecule has 2 atom stereocenters. The van der Waals surface area contributed by atoms with Crippen LogP contribution in [0, 0.1) is 12.7 Å². The lowest BCUT2D eigenvalue weighted by atomic mass is 10.0. The van der Waals surface area contributed by atoms with E-state index in [1.165, 1.54) is 19.4 Å². The number of hydrogen-bond acceptors (Lipinski definition) is 6. The molecular formula is C25H26FN5O2. The Morgan fingerprint density at radius 1 is 1.24 bits per heavy atom. The quantitative estimate of drug-likeness (QED) is 0.613. The summed E-state index contributed by atoms with van der Waals surface area (Å²) in [5.74, 6) is 0.969. The summed E-state index contributed by atoms with van der Waals surface area (Å²) >= 11 is 0. The number of nitrogens with zero attached hydrogens (tertiary/aromatic N) is 3. The molecule has 3 N–H and O–H groups in total. The van der Waals surface area contributed by atoms with E-state index >= 15 is 0 Å². The first-order valence-corrected chi connectivity index (χ1v) is 11.1. The maximum Gasteiger partial charge on any atom is 0.260 e. The zero-order chi connectivity index (χ0) is 23.1. The Bertz CT molecular complexity index is 1230. The van der Waals surface area contributed by atoms with Crippen LogP contribution in [0.4, 0.5) is 16.0 Å². The number of pyridine rings is 2. The molecule has 3 aromatic rings. The van der Waals surface area contributed by atoms with Gasteiger partial charge in [-0.05, 0) is 62.1 Å². The Labute approximate surface area is 191 Å². The Morgan fingerprint density at radius 2 is 2.09 bits per heavy atom. The van der Waals surface area contributed by atoms with Crippen molar-refractivity contribution < 1.29 is 13.9 Å². The largest absolute Gasteiger partial charge is 0.496 e. The summed E-state index contributed by atoms with van der Waals surface area (Å²) in [6.45, 7) is 2.21. The first kappa shape index (κ1) is 21.3. The van der Waals surface area contributed by atoms with Crippen molar-refractivity contribution in [2.75, 3.05) is 17.3 Å². The number of fused-ring (bicyclic) bond motifs is 1. The molecule has 33 heavy (non-hydrogen) atoms.